The van der Waals surface area contributed by atoms with Gasteiger partial charge in [-0.1, -0.05) is 0 Å². The van der Waals surface area contributed by atoms with E-state index in [1.807, 2.05) is 0 Å². The van der Waals surface area contributed by atoms with Crippen molar-refractivity contribution in [2.75, 3.05) is 31.4 Å². The van der Waals surface area contributed by atoms with Gasteiger partial charge in [-0.25, -0.2) is 0 Å². The van der Waals surface area contributed by atoms with Gasteiger partial charge >= 0.3 is 12.1 Å². The van der Waals surface area contributed by atoms with Crippen LogP contribution in [0.2, 0.25) is 0 Å². The van der Waals surface area contributed by atoms with Crippen LogP contribution in [0, 0.1) is 16.0 Å². The van der Waals surface area contributed by atoms with Crippen LogP contribution in [0.25, 0.3) is 0 Å². The summed E-state index contributed by atoms with van der Waals surface area (Å²) in [6.07, 6.45) is -4.15. The molecular weight excluding hydrogens is 461 g/mol. The normalized spacial score (nSPS) is 15.8. The summed E-state index contributed by atoms with van der Waals surface area (Å²) < 4.78 is 54.3. The maximum atomic E-state index is 12.9. The van der Waals surface area contributed by atoms with E-state index in [4.69, 9.17) is 14.2 Å². The summed E-state index contributed by atoms with van der Waals surface area (Å²) in [5.74, 6) is -0.565. The second-order valence-electron chi connectivity index (χ2n) is 7.82. The molecule has 2 aromatic carbocycles. The highest BCUT2D eigenvalue weighted by molar-refractivity contribution is 5.98. The number of alkyl halides is 3. The van der Waals surface area contributed by atoms with Crippen molar-refractivity contribution < 1.29 is 41.9 Å². The van der Waals surface area contributed by atoms with Crippen LogP contribution < -0.4 is 14.4 Å². The zero-order valence-electron chi connectivity index (χ0n) is 17.7. The Morgan fingerprint density at radius 3 is 2.47 bits per heavy atom. The van der Waals surface area contributed by atoms with Crippen LogP contribution in [-0.4, -0.2) is 43.2 Å². The molecule has 1 saturated heterocycles. The summed E-state index contributed by atoms with van der Waals surface area (Å²) in [6, 6.07) is 7.02. The number of hydrogen-bond acceptors (Lipinski definition) is 8. The van der Waals surface area contributed by atoms with Crippen molar-refractivity contribution in [1.82, 2.24) is 0 Å². The Labute approximate surface area is 191 Å². The molecule has 0 aliphatic carbocycles. The summed E-state index contributed by atoms with van der Waals surface area (Å²) in [5.41, 5.74) is -1.39. The number of rotatable bonds is 6. The first-order chi connectivity index (χ1) is 16.1. The number of anilines is 1. The number of ether oxygens (including phenoxy) is 3. The number of esters is 1. The zero-order valence-corrected chi connectivity index (χ0v) is 17.7. The number of carbonyl (C=O) groups excluding carboxylic acids is 2. The molecule has 12 heteroatoms. The Morgan fingerprint density at radius 2 is 1.79 bits per heavy atom. The van der Waals surface area contributed by atoms with Gasteiger partial charge in [0.25, 0.3) is 5.69 Å². The number of fused-ring (bicyclic) bond motifs is 1. The molecule has 0 radical (unpaired) electrons. The summed E-state index contributed by atoms with van der Waals surface area (Å²) in [4.78, 5) is 36.8. The van der Waals surface area contributed by atoms with Crippen LogP contribution in [0.4, 0.5) is 24.5 Å². The van der Waals surface area contributed by atoms with E-state index < -0.39 is 46.6 Å². The fourth-order valence-corrected chi connectivity index (χ4v) is 3.88. The predicted molar refractivity (Wildman–Crippen MR) is 111 cm³/mol. The van der Waals surface area contributed by atoms with Gasteiger partial charge in [0.15, 0.2) is 23.9 Å². The zero-order chi connectivity index (χ0) is 24.5. The number of nitrogens with zero attached hydrogens (tertiary/aromatic N) is 2. The van der Waals surface area contributed by atoms with Gasteiger partial charge in [0.2, 0.25) is 6.79 Å². The lowest BCUT2D eigenvalue weighted by molar-refractivity contribution is -0.384. The highest BCUT2D eigenvalue weighted by Crippen LogP contribution is 2.38. The third-order valence-corrected chi connectivity index (χ3v) is 5.71. The molecule has 34 heavy (non-hydrogen) atoms. The maximum Gasteiger partial charge on any atom is 0.416 e. The number of Topliss-reactive ketones (excluding diaryl/α,β-unsaturated/α-hetero) is 1. The Kier molecular flexibility index (Phi) is 6.31. The van der Waals surface area contributed by atoms with Crippen molar-refractivity contribution in [3.8, 4) is 11.5 Å². The minimum absolute atomic E-state index is 0.0582. The van der Waals surface area contributed by atoms with Gasteiger partial charge < -0.3 is 19.1 Å². The second-order valence-corrected chi connectivity index (χ2v) is 7.82. The molecule has 0 bridgehead atoms. The van der Waals surface area contributed by atoms with Gasteiger partial charge in [-0.05, 0) is 43.2 Å². The number of piperidine rings is 1. The highest BCUT2D eigenvalue weighted by atomic mass is 19.4. The average Bonchev–Trinajstić information content (AvgIpc) is 3.29. The SMILES string of the molecule is O=C(COC(=O)C1CCN(c2ccc(C(F)(F)F)cc2[N+](=O)[O-])CC1)c1ccc2c(c1)OCO2. The van der Waals surface area contributed by atoms with Gasteiger partial charge in [-0.15, -0.1) is 0 Å². The number of carbonyl (C=O) groups is 2. The van der Waals surface area contributed by atoms with Gasteiger partial charge in [0, 0.05) is 24.7 Å². The van der Waals surface area contributed by atoms with Crippen molar-refractivity contribution >= 4 is 23.1 Å². The Bertz CT molecular complexity index is 1130. The van der Waals surface area contributed by atoms with E-state index in [0.717, 1.165) is 12.1 Å². The number of hydrogen-bond donors (Lipinski definition) is 0. The third-order valence-electron chi connectivity index (χ3n) is 5.71. The average molecular weight is 480 g/mol. The van der Waals surface area contributed by atoms with Crippen LogP contribution in [0.1, 0.15) is 28.8 Å². The Morgan fingerprint density at radius 1 is 1.09 bits per heavy atom. The molecule has 0 N–H and O–H groups in total. The molecule has 2 aromatic rings. The lowest BCUT2D eigenvalue weighted by Crippen LogP contribution is -2.37. The van der Waals surface area contributed by atoms with E-state index in [1.165, 1.54) is 6.07 Å². The fraction of sp³-hybridized carbons (Fsp3) is 0.364. The first-order valence-electron chi connectivity index (χ1n) is 10.3. The van der Waals surface area contributed by atoms with E-state index >= 15 is 0 Å². The number of benzene rings is 2. The van der Waals surface area contributed by atoms with Gasteiger partial charge in [-0.2, -0.15) is 13.2 Å². The molecule has 0 spiro atoms. The number of ketones is 1. The molecule has 0 atom stereocenters. The third kappa shape index (κ3) is 4.90. The first kappa shape index (κ1) is 23.3. The smallest absolute Gasteiger partial charge is 0.416 e. The minimum atomic E-state index is -4.70. The number of nitro groups is 1. The van der Waals surface area contributed by atoms with Crippen molar-refractivity contribution in [3.05, 3.63) is 57.6 Å². The van der Waals surface area contributed by atoms with Gasteiger partial charge in [0.1, 0.15) is 5.69 Å². The number of halogens is 3. The summed E-state index contributed by atoms with van der Waals surface area (Å²) >= 11 is 0. The highest BCUT2D eigenvalue weighted by Gasteiger charge is 2.35. The number of nitro benzene ring substituents is 1. The molecule has 0 amide bonds. The van der Waals surface area contributed by atoms with Crippen LogP contribution in [0.5, 0.6) is 11.5 Å². The minimum Gasteiger partial charge on any atom is -0.457 e. The van der Waals surface area contributed by atoms with Crippen LogP contribution in [0.3, 0.4) is 0 Å². The van der Waals surface area contributed by atoms with Gasteiger partial charge in [0.05, 0.1) is 16.4 Å². The van der Waals surface area contributed by atoms with Crippen LogP contribution >= 0.6 is 0 Å². The molecule has 9 nitrogen and oxygen atoms in total. The molecule has 4 rings (SSSR count). The van der Waals surface area contributed by atoms with Gasteiger partial charge in [-0.3, -0.25) is 19.7 Å². The van der Waals surface area contributed by atoms with Crippen molar-refractivity contribution in [1.29, 1.82) is 0 Å². The molecule has 2 aliphatic rings. The molecule has 0 unspecified atom stereocenters. The van der Waals surface area contributed by atoms with E-state index in [2.05, 4.69) is 0 Å². The summed E-state index contributed by atoms with van der Waals surface area (Å²) in [6.45, 7) is 0.0313. The van der Waals surface area contributed by atoms with Crippen LogP contribution in [0.15, 0.2) is 36.4 Å². The summed E-state index contributed by atoms with van der Waals surface area (Å²) in [7, 11) is 0. The van der Waals surface area contributed by atoms with E-state index in [1.54, 1.807) is 17.0 Å². The van der Waals surface area contributed by atoms with Crippen molar-refractivity contribution in [3.63, 3.8) is 0 Å². The largest absolute Gasteiger partial charge is 0.457 e. The fourth-order valence-electron chi connectivity index (χ4n) is 3.88. The molecule has 2 aliphatic heterocycles. The predicted octanol–water partition coefficient (Wildman–Crippen LogP) is 3.98. The monoisotopic (exact) mass is 480 g/mol. The van der Waals surface area contributed by atoms with E-state index in [-0.39, 0.29) is 38.4 Å². The lowest BCUT2D eigenvalue weighted by Gasteiger charge is -2.32. The Balaban J connectivity index is 1.33. The standard InChI is InChI=1S/C22H19F3N2O7/c23-22(24,25)15-2-3-16(17(10-15)27(30)31)26-7-5-13(6-8-26)21(29)32-11-18(28)14-1-4-19-20(9-14)34-12-33-19/h1-4,9-10,13H,5-8,11-12H2. The van der Waals surface area contributed by atoms with E-state index in [9.17, 15) is 32.9 Å². The molecule has 0 aromatic heterocycles. The molecule has 180 valence electrons. The first-order valence-corrected chi connectivity index (χ1v) is 10.3. The maximum absolute atomic E-state index is 12.9. The second kappa shape index (κ2) is 9.20. The van der Waals surface area contributed by atoms with Crippen LogP contribution in [-0.2, 0) is 15.7 Å². The summed E-state index contributed by atoms with van der Waals surface area (Å²) in [5, 5.41) is 11.3. The lowest BCUT2D eigenvalue weighted by atomic mass is 9.96. The van der Waals surface area contributed by atoms with Crippen molar-refractivity contribution in [2.45, 2.75) is 19.0 Å². The molecule has 0 saturated carbocycles. The quantitative estimate of drug-likeness (QED) is 0.264. The Hall–Kier alpha value is -3.83. The van der Waals surface area contributed by atoms with E-state index in [0.29, 0.717) is 23.1 Å². The van der Waals surface area contributed by atoms with Crippen molar-refractivity contribution in [2.24, 2.45) is 5.92 Å². The topological polar surface area (TPSA) is 108 Å². The molecule has 2 heterocycles. The molecule has 1 fully saturated rings. The molecular formula is C22H19F3N2O7.